The molecule has 0 spiro atoms. The van der Waals surface area contributed by atoms with Crippen LogP contribution in [0.25, 0.3) is 0 Å². The van der Waals surface area contributed by atoms with Crippen LogP contribution in [0, 0.1) is 13.8 Å². The van der Waals surface area contributed by atoms with Gasteiger partial charge in [-0.05, 0) is 44.0 Å². The Labute approximate surface area is 105 Å². The number of ether oxygens (including phenoxy) is 1. The van der Waals surface area contributed by atoms with Gasteiger partial charge in [-0.3, -0.25) is 0 Å². The van der Waals surface area contributed by atoms with E-state index in [2.05, 4.69) is 51.2 Å². The molecular weight excluding hydrogens is 210 g/mol. The van der Waals surface area contributed by atoms with Crippen LogP contribution in [0.4, 0.5) is 0 Å². The van der Waals surface area contributed by atoms with Gasteiger partial charge in [0.15, 0.2) is 0 Å². The summed E-state index contributed by atoms with van der Waals surface area (Å²) in [5, 5.41) is 3.46. The Morgan fingerprint density at radius 1 is 1.24 bits per heavy atom. The minimum atomic E-state index is 0.463. The Morgan fingerprint density at radius 2 is 2.00 bits per heavy atom. The van der Waals surface area contributed by atoms with E-state index in [0.29, 0.717) is 6.04 Å². The minimum absolute atomic E-state index is 0.463. The zero-order valence-corrected chi connectivity index (χ0v) is 11.5. The molecule has 0 bridgehead atoms. The normalized spacial score (nSPS) is 12.5. The van der Waals surface area contributed by atoms with Gasteiger partial charge in [0.05, 0.1) is 0 Å². The van der Waals surface area contributed by atoms with Crippen LogP contribution in [0.2, 0.25) is 0 Å². The summed E-state index contributed by atoms with van der Waals surface area (Å²) in [4.78, 5) is 0. The van der Waals surface area contributed by atoms with E-state index in [4.69, 9.17) is 4.74 Å². The van der Waals surface area contributed by atoms with Crippen molar-refractivity contribution in [3.8, 4) is 5.75 Å². The molecule has 1 aromatic rings. The minimum Gasteiger partial charge on any atom is -0.492 e. The summed E-state index contributed by atoms with van der Waals surface area (Å²) in [6.45, 7) is 10.3. The number of hydrogen-bond donors (Lipinski definition) is 1. The number of hydrogen-bond acceptors (Lipinski definition) is 2. The Morgan fingerprint density at radius 3 is 2.65 bits per heavy atom. The molecule has 0 saturated heterocycles. The number of likely N-dealkylation sites (N-methyl/N-ethyl adjacent to an activating group) is 1. The van der Waals surface area contributed by atoms with E-state index in [9.17, 15) is 0 Å². The van der Waals surface area contributed by atoms with Crippen molar-refractivity contribution in [2.24, 2.45) is 0 Å². The molecular formula is C15H25NO. The lowest BCUT2D eigenvalue weighted by atomic mass is 10.1. The maximum absolute atomic E-state index is 5.92. The summed E-state index contributed by atoms with van der Waals surface area (Å²) in [6.07, 6.45) is 2.35. The monoisotopic (exact) mass is 235 g/mol. The molecule has 2 nitrogen and oxygen atoms in total. The van der Waals surface area contributed by atoms with E-state index < -0.39 is 0 Å². The van der Waals surface area contributed by atoms with Crippen LogP contribution < -0.4 is 10.1 Å². The van der Waals surface area contributed by atoms with Crippen LogP contribution in [-0.2, 0) is 0 Å². The van der Waals surface area contributed by atoms with Gasteiger partial charge in [-0.2, -0.15) is 0 Å². The van der Waals surface area contributed by atoms with E-state index in [1.165, 1.54) is 24.0 Å². The third-order valence-corrected chi connectivity index (χ3v) is 2.91. The number of benzene rings is 1. The highest BCUT2D eigenvalue weighted by atomic mass is 16.5. The lowest BCUT2D eigenvalue weighted by Crippen LogP contribution is -2.34. The maximum Gasteiger partial charge on any atom is 0.122 e. The fourth-order valence-corrected chi connectivity index (χ4v) is 1.93. The average Bonchev–Trinajstić information content (AvgIpc) is 2.30. The van der Waals surface area contributed by atoms with Gasteiger partial charge in [0.25, 0.3) is 0 Å². The summed E-state index contributed by atoms with van der Waals surface area (Å²) in [7, 11) is 0. The maximum atomic E-state index is 5.92. The first-order valence-corrected chi connectivity index (χ1v) is 6.60. The molecule has 1 unspecified atom stereocenters. The van der Waals surface area contributed by atoms with Gasteiger partial charge in [-0.1, -0.05) is 32.4 Å². The number of nitrogens with one attached hydrogen (secondary N) is 1. The second kappa shape index (κ2) is 7.33. The third kappa shape index (κ3) is 4.78. The molecule has 0 fully saturated rings. The highest BCUT2D eigenvalue weighted by Crippen LogP contribution is 2.19. The van der Waals surface area contributed by atoms with Crippen LogP contribution in [-0.4, -0.2) is 19.2 Å². The van der Waals surface area contributed by atoms with Gasteiger partial charge < -0.3 is 10.1 Å². The summed E-state index contributed by atoms with van der Waals surface area (Å²) >= 11 is 0. The van der Waals surface area contributed by atoms with Gasteiger partial charge in [-0.25, -0.2) is 0 Å². The Bertz CT molecular complexity index is 330. The topological polar surface area (TPSA) is 21.3 Å². The molecule has 96 valence electrons. The third-order valence-electron chi connectivity index (χ3n) is 2.91. The van der Waals surface area contributed by atoms with Crippen LogP contribution in [0.15, 0.2) is 18.2 Å². The molecule has 17 heavy (non-hydrogen) atoms. The second-order valence-electron chi connectivity index (χ2n) is 4.62. The molecule has 1 N–H and O–H groups in total. The molecule has 0 aliphatic carbocycles. The fourth-order valence-electron chi connectivity index (χ4n) is 1.93. The van der Waals surface area contributed by atoms with Gasteiger partial charge in [0.1, 0.15) is 12.4 Å². The fraction of sp³-hybridized carbons (Fsp3) is 0.600. The van der Waals surface area contributed by atoms with Crippen LogP contribution in [0.3, 0.4) is 0 Å². The van der Waals surface area contributed by atoms with Crippen molar-refractivity contribution in [3.05, 3.63) is 29.3 Å². The summed E-state index contributed by atoms with van der Waals surface area (Å²) in [5.41, 5.74) is 2.46. The highest BCUT2D eigenvalue weighted by molar-refractivity contribution is 5.35. The van der Waals surface area contributed by atoms with Crippen LogP contribution in [0.5, 0.6) is 5.75 Å². The van der Waals surface area contributed by atoms with Crippen LogP contribution >= 0.6 is 0 Å². The molecule has 0 amide bonds. The Balaban J connectivity index is 2.55. The molecule has 1 aromatic carbocycles. The smallest absolute Gasteiger partial charge is 0.122 e. The molecule has 0 aliphatic rings. The van der Waals surface area contributed by atoms with Gasteiger partial charge in [-0.15, -0.1) is 0 Å². The first kappa shape index (κ1) is 14.0. The molecule has 1 rings (SSSR count). The largest absolute Gasteiger partial charge is 0.492 e. The standard InChI is InChI=1S/C15H25NO/c1-5-7-14(16-6-2)11-17-15-10-12(3)8-9-13(15)4/h8-10,14,16H,5-7,11H2,1-4H3. The van der Waals surface area contributed by atoms with Crippen molar-refractivity contribution < 1.29 is 4.74 Å². The van der Waals surface area contributed by atoms with E-state index in [1.54, 1.807) is 0 Å². The quantitative estimate of drug-likeness (QED) is 0.781. The van der Waals surface area contributed by atoms with Crippen molar-refractivity contribution >= 4 is 0 Å². The number of aryl methyl sites for hydroxylation is 2. The first-order valence-electron chi connectivity index (χ1n) is 6.60. The van der Waals surface area contributed by atoms with Gasteiger partial charge in [0.2, 0.25) is 0 Å². The molecule has 2 heteroatoms. The SMILES string of the molecule is CCCC(COc1cc(C)ccc1C)NCC. The molecule has 0 heterocycles. The van der Waals surface area contributed by atoms with E-state index >= 15 is 0 Å². The Hall–Kier alpha value is -1.02. The average molecular weight is 235 g/mol. The summed E-state index contributed by atoms with van der Waals surface area (Å²) in [5.74, 6) is 1.02. The van der Waals surface area contributed by atoms with Gasteiger partial charge >= 0.3 is 0 Å². The predicted octanol–water partition coefficient (Wildman–Crippen LogP) is 3.46. The number of rotatable bonds is 7. The molecule has 0 aromatic heterocycles. The van der Waals surface area contributed by atoms with E-state index in [0.717, 1.165) is 18.9 Å². The highest BCUT2D eigenvalue weighted by Gasteiger charge is 2.08. The van der Waals surface area contributed by atoms with E-state index in [1.807, 2.05) is 0 Å². The molecule has 0 saturated carbocycles. The van der Waals surface area contributed by atoms with Gasteiger partial charge in [0, 0.05) is 6.04 Å². The molecule has 0 aliphatic heterocycles. The lowest BCUT2D eigenvalue weighted by molar-refractivity contribution is 0.256. The van der Waals surface area contributed by atoms with Crippen molar-refractivity contribution in [2.75, 3.05) is 13.2 Å². The Kier molecular flexibility index (Phi) is 6.06. The lowest BCUT2D eigenvalue weighted by Gasteiger charge is -2.18. The second-order valence-corrected chi connectivity index (χ2v) is 4.62. The van der Waals surface area contributed by atoms with Crippen molar-refractivity contribution in [1.29, 1.82) is 0 Å². The van der Waals surface area contributed by atoms with Crippen molar-refractivity contribution in [2.45, 2.75) is 46.6 Å². The van der Waals surface area contributed by atoms with Crippen molar-refractivity contribution in [3.63, 3.8) is 0 Å². The summed E-state index contributed by atoms with van der Waals surface area (Å²) < 4.78 is 5.92. The van der Waals surface area contributed by atoms with Crippen LogP contribution in [0.1, 0.15) is 37.8 Å². The first-order chi connectivity index (χ1) is 8.17. The zero-order valence-electron chi connectivity index (χ0n) is 11.5. The molecule has 0 radical (unpaired) electrons. The van der Waals surface area contributed by atoms with Crippen molar-refractivity contribution in [1.82, 2.24) is 5.32 Å². The predicted molar refractivity (Wildman–Crippen MR) is 73.8 cm³/mol. The van der Waals surface area contributed by atoms with E-state index in [-0.39, 0.29) is 0 Å². The summed E-state index contributed by atoms with van der Waals surface area (Å²) in [6, 6.07) is 6.82. The zero-order chi connectivity index (χ0) is 12.7. The molecule has 1 atom stereocenters.